The Morgan fingerprint density at radius 1 is 1.33 bits per heavy atom. The maximum atomic E-state index is 12.9. The molecule has 2 amide bonds. The van der Waals surface area contributed by atoms with E-state index >= 15 is 0 Å². The first-order valence-electron chi connectivity index (χ1n) is 8.48. The second-order valence-electron chi connectivity index (χ2n) is 6.29. The number of nitrogens with one attached hydrogen (secondary N) is 1. The standard InChI is InChI=1S/C18H27N3O3/c1-3-21(17(23)18(13-19)9-4-5-10-18)12-16(22)20-14-7-6-8-15(11-14)24-2/h6-8,11H,3-5,9-10,12-13,19H2,1-2H3,(H,20,22). The van der Waals surface area contributed by atoms with E-state index in [-0.39, 0.29) is 18.4 Å². The van der Waals surface area contributed by atoms with Crippen LogP contribution in [0.15, 0.2) is 24.3 Å². The van der Waals surface area contributed by atoms with Gasteiger partial charge in [-0.2, -0.15) is 0 Å². The summed E-state index contributed by atoms with van der Waals surface area (Å²) >= 11 is 0. The Hall–Kier alpha value is -2.08. The zero-order chi connectivity index (χ0) is 17.6. The van der Waals surface area contributed by atoms with Gasteiger partial charge in [-0.3, -0.25) is 9.59 Å². The number of hydrogen-bond donors (Lipinski definition) is 2. The lowest BCUT2D eigenvalue weighted by atomic mass is 9.84. The fourth-order valence-corrected chi connectivity index (χ4v) is 3.29. The molecule has 132 valence electrons. The van der Waals surface area contributed by atoms with Crippen LogP contribution in [0, 0.1) is 5.41 Å². The molecule has 3 N–H and O–H groups in total. The number of carbonyl (C=O) groups excluding carboxylic acids is 2. The largest absolute Gasteiger partial charge is 0.497 e. The van der Waals surface area contributed by atoms with Gasteiger partial charge in [0.2, 0.25) is 11.8 Å². The van der Waals surface area contributed by atoms with Crippen LogP contribution in [0.2, 0.25) is 0 Å². The van der Waals surface area contributed by atoms with Gasteiger partial charge in [-0.15, -0.1) is 0 Å². The number of benzene rings is 1. The van der Waals surface area contributed by atoms with Crippen LogP contribution in [0.5, 0.6) is 5.75 Å². The van der Waals surface area contributed by atoms with Gasteiger partial charge in [0.05, 0.1) is 19.1 Å². The molecule has 1 saturated carbocycles. The van der Waals surface area contributed by atoms with Crippen molar-refractivity contribution in [3.8, 4) is 5.75 Å². The minimum absolute atomic E-state index is 0.00536. The molecule has 2 rings (SSSR count). The molecule has 1 aromatic carbocycles. The molecule has 24 heavy (non-hydrogen) atoms. The molecule has 0 spiro atoms. The molecule has 0 saturated heterocycles. The van der Waals surface area contributed by atoms with E-state index in [4.69, 9.17) is 10.5 Å². The molecule has 1 aromatic rings. The molecule has 0 aromatic heterocycles. The number of nitrogens with zero attached hydrogens (tertiary/aromatic N) is 1. The van der Waals surface area contributed by atoms with Crippen LogP contribution in [-0.4, -0.2) is 43.5 Å². The molecule has 0 aliphatic heterocycles. The Morgan fingerprint density at radius 2 is 2.04 bits per heavy atom. The van der Waals surface area contributed by atoms with Crippen molar-refractivity contribution in [2.75, 3.05) is 32.1 Å². The van der Waals surface area contributed by atoms with Crippen molar-refractivity contribution < 1.29 is 14.3 Å². The molecule has 0 unspecified atom stereocenters. The number of ether oxygens (including phenoxy) is 1. The minimum Gasteiger partial charge on any atom is -0.497 e. The Balaban J connectivity index is 2.01. The number of amides is 2. The van der Waals surface area contributed by atoms with Crippen molar-refractivity contribution in [3.05, 3.63) is 24.3 Å². The molecule has 1 aliphatic carbocycles. The summed E-state index contributed by atoms with van der Waals surface area (Å²) in [4.78, 5) is 26.8. The highest BCUT2D eigenvalue weighted by Crippen LogP contribution is 2.38. The molecule has 0 radical (unpaired) electrons. The average Bonchev–Trinajstić information content (AvgIpc) is 3.09. The predicted octanol–water partition coefficient (Wildman–Crippen LogP) is 2.00. The second-order valence-corrected chi connectivity index (χ2v) is 6.29. The second kappa shape index (κ2) is 8.15. The first kappa shape index (κ1) is 18.3. The minimum atomic E-state index is -0.480. The molecule has 1 aliphatic rings. The van der Waals surface area contributed by atoms with Crippen LogP contribution in [0.4, 0.5) is 5.69 Å². The van der Waals surface area contributed by atoms with E-state index in [0.29, 0.717) is 24.5 Å². The first-order valence-corrected chi connectivity index (χ1v) is 8.48. The van der Waals surface area contributed by atoms with E-state index in [9.17, 15) is 9.59 Å². The molecule has 0 bridgehead atoms. The van der Waals surface area contributed by atoms with Crippen LogP contribution in [0.3, 0.4) is 0 Å². The monoisotopic (exact) mass is 333 g/mol. The zero-order valence-corrected chi connectivity index (χ0v) is 14.5. The molecule has 6 heteroatoms. The fraction of sp³-hybridized carbons (Fsp3) is 0.556. The highest BCUT2D eigenvalue weighted by Gasteiger charge is 2.42. The van der Waals surface area contributed by atoms with Gasteiger partial charge in [-0.05, 0) is 31.9 Å². The number of rotatable bonds is 7. The van der Waals surface area contributed by atoms with Crippen molar-refractivity contribution in [2.24, 2.45) is 11.1 Å². The predicted molar refractivity (Wildman–Crippen MR) is 93.8 cm³/mol. The van der Waals surface area contributed by atoms with E-state index in [2.05, 4.69) is 5.32 Å². The van der Waals surface area contributed by atoms with Gasteiger partial charge in [-0.25, -0.2) is 0 Å². The summed E-state index contributed by atoms with van der Waals surface area (Å²) in [7, 11) is 1.58. The third-order valence-electron chi connectivity index (χ3n) is 4.76. The maximum absolute atomic E-state index is 12.9. The van der Waals surface area contributed by atoms with Crippen molar-refractivity contribution >= 4 is 17.5 Å². The quantitative estimate of drug-likeness (QED) is 0.799. The van der Waals surface area contributed by atoms with E-state index in [1.54, 1.807) is 30.2 Å². The highest BCUT2D eigenvalue weighted by molar-refractivity contribution is 5.95. The van der Waals surface area contributed by atoms with Crippen LogP contribution >= 0.6 is 0 Å². The summed E-state index contributed by atoms with van der Waals surface area (Å²) in [5, 5.41) is 2.81. The topological polar surface area (TPSA) is 84.7 Å². The smallest absolute Gasteiger partial charge is 0.243 e. The number of carbonyl (C=O) groups is 2. The summed E-state index contributed by atoms with van der Waals surface area (Å²) in [5.74, 6) is 0.457. The van der Waals surface area contributed by atoms with Crippen LogP contribution in [-0.2, 0) is 9.59 Å². The zero-order valence-electron chi connectivity index (χ0n) is 14.5. The fourth-order valence-electron chi connectivity index (χ4n) is 3.29. The molecule has 6 nitrogen and oxygen atoms in total. The van der Waals surface area contributed by atoms with Gasteiger partial charge in [0, 0.05) is 24.8 Å². The number of methoxy groups -OCH3 is 1. The Morgan fingerprint density at radius 3 is 2.62 bits per heavy atom. The van der Waals surface area contributed by atoms with Gasteiger partial charge >= 0.3 is 0 Å². The number of nitrogens with two attached hydrogens (primary N) is 1. The van der Waals surface area contributed by atoms with Gasteiger partial charge in [0.15, 0.2) is 0 Å². The van der Waals surface area contributed by atoms with E-state index in [0.717, 1.165) is 25.7 Å². The average molecular weight is 333 g/mol. The van der Waals surface area contributed by atoms with Crippen LogP contribution < -0.4 is 15.8 Å². The SMILES string of the molecule is CCN(CC(=O)Nc1cccc(OC)c1)C(=O)C1(CN)CCCC1. The molecule has 0 heterocycles. The van der Waals surface area contributed by atoms with Gasteiger partial charge < -0.3 is 20.7 Å². The summed E-state index contributed by atoms with van der Waals surface area (Å²) in [6.45, 7) is 2.76. The summed E-state index contributed by atoms with van der Waals surface area (Å²) < 4.78 is 5.14. The maximum Gasteiger partial charge on any atom is 0.243 e. The third-order valence-corrected chi connectivity index (χ3v) is 4.76. The van der Waals surface area contributed by atoms with Crippen LogP contribution in [0.1, 0.15) is 32.6 Å². The van der Waals surface area contributed by atoms with Crippen LogP contribution in [0.25, 0.3) is 0 Å². The molecule has 1 fully saturated rings. The van der Waals surface area contributed by atoms with Crippen molar-refractivity contribution in [2.45, 2.75) is 32.6 Å². The lowest BCUT2D eigenvalue weighted by Gasteiger charge is -2.32. The lowest BCUT2D eigenvalue weighted by Crippen LogP contribution is -2.49. The van der Waals surface area contributed by atoms with Gasteiger partial charge in [-0.1, -0.05) is 18.9 Å². The number of anilines is 1. The van der Waals surface area contributed by atoms with Crippen molar-refractivity contribution in [1.29, 1.82) is 0 Å². The van der Waals surface area contributed by atoms with Gasteiger partial charge in [0.1, 0.15) is 5.75 Å². The Bertz CT molecular complexity index is 583. The summed E-state index contributed by atoms with van der Waals surface area (Å²) in [5.41, 5.74) is 6.06. The van der Waals surface area contributed by atoms with E-state index < -0.39 is 5.41 Å². The van der Waals surface area contributed by atoms with E-state index in [1.807, 2.05) is 13.0 Å². The molecular weight excluding hydrogens is 306 g/mol. The van der Waals surface area contributed by atoms with Crippen molar-refractivity contribution in [1.82, 2.24) is 4.90 Å². The Kier molecular flexibility index (Phi) is 6.20. The summed E-state index contributed by atoms with van der Waals surface area (Å²) in [6.07, 6.45) is 3.68. The van der Waals surface area contributed by atoms with Gasteiger partial charge in [0.25, 0.3) is 0 Å². The van der Waals surface area contributed by atoms with Crippen molar-refractivity contribution in [3.63, 3.8) is 0 Å². The normalized spacial score (nSPS) is 15.8. The molecular formula is C18H27N3O3. The molecule has 0 atom stereocenters. The highest BCUT2D eigenvalue weighted by atomic mass is 16.5. The lowest BCUT2D eigenvalue weighted by molar-refractivity contribution is -0.143. The van der Waals surface area contributed by atoms with E-state index in [1.165, 1.54) is 0 Å². The third kappa shape index (κ3) is 4.06. The first-order chi connectivity index (χ1) is 11.5. The number of hydrogen-bond acceptors (Lipinski definition) is 4. The number of likely N-dealkylation sites (N-methyl/N-ethyl adjacent to an activating group) is 1. The summed E-state index contributed by atoms with van der Waals surface area (Å²) in [6, 6.07) is 7.15. The Labute approximate surface area is 143 Å².